The molecule has 1 amide bonds. The van der Waals surface area contributed by atoms with Crippen molar-refractivity contribution < 1.29 is 17.9 Å². The van der Waals surface area contributed by atoms with E-state index < -0.39 is 9.84 Å². The van der Waals surface area contributed by atoms with E-state index in [4.69, 9.17) is 4.74 Å². The summed E-state index contributed by atoms with van der Waals surface area (Å²) < 4.78 is 28.4. The summed E-state index contributed by atoms with van der Waals surface area (Å²) in [5, 5.41) is 0. The standard InChI is InChI=1S/C17H19NO4S/c1-18(2)17(19)14-6-4-13(5-7-14)12-22-15-8-10-16(11-9-15)23(3,20)21/h4-11H,12H2,1-3H3. The van der Waals surface area contributed by atoms with E-state index in [2.05, 4.69) is 0 Å². The average molecular weight is 333 g/mol. The molecule has 0 spiro atoms. The molecule has 2 rings (SSSR count). The molecule has 0 radical (unpaired) electrons. The molecule has 0 atom stereocenters. The van der Waals surface area contributed by atoms with Crippen LogP contribution in [0.25, 0.3) is 0 Å². The molecule has 0 fully saturated rings. The Hall–Kier alpha value is -2.34. The molecule has 5 nitrogen and oxygen atoms in total. The van der Waals surface area contributed by atoms with E-state index in [9.17, 15) is 13.2 Å². The first kappa shape index (κ1) is 17.0. The lowest BCUT2D eigenvalue weighted by Gasteiger charge is -2.11. The Morgan fingerprint density at radius 2 is 1.57 bits per heavy atom. The Morgan fingerprint density at radius 1 is 1.00 bits per heavy atom. The summed E-state index contributed by atoms with van der Waals surface area (Å²) in [6.45, 7) is 0.342. The molecule has 23 heavy (non-hydrogen) atoms. The van der Waals surface area contributed by atoms with Gasteiger partial charge >= 0.3 is 0 Å². The second-order valence-electron chi connectivity index (χ2n) is 5.43. The highest BCUT2D eigenvalue weighted by molar-refractivity contribution is 7.90. The van der Waals surface area contributed by atoms with Gasteiger partial charge in [0.2, 0.25) is 0 Å². The van der Waals surface area contributed by atoms with Gasteiger partial charge in [0.15, 0.2) is 9.84 Å². The van der Waals surface area contributed by atoms with Crippen LogP contribution in [0.2, 0.25) is 0 Å². The summed E-state index contributed by atoms with van der Waals surface area (Å²) in [6, 6.07) is 13.5. The van der Waals surface area contributed by atoms with E-state index in [1.165, 1.54) is 23.3 Å². The molecular formula is C17H19NO4S. The zero-order valence-electron chi connectivity index (χ0n) is 13.3. The zero-order valence-corrected chi connectivity index (χ0v) is 14.1. The van der Waals surface area contributed by atoms with Crippen molar-refractivity contribution in [3.05, 3.63) is 59.7 Å². The number of hydrogen-bond donors (Lipinski definition) is 0. The maximum Gasteiger partial charge on any atom is 0.253 e. The second-order valence-corrected chi connectivity index (χ2v) is 7.44. The largest absolute Gasteiger partial charge is 0.489 e. The Morgan fingerprint density at radius 3 is 2.04 bits per heavy atom. The van der Waals surface area contributed by atoms with Crippen LogP contribution >= 0.6 is 0 Å². The maximum atomic E-state index is 11.8. The molecule has 0 aliphatic rings. The highest BCUT2D eigenvalue weighted by atomic mass is 32.2. The topological polar surface area (TPSA) is 63.7 Å². The average Bonchev–Trinajstić information content (AvgIpc) is 2.52. The lowest BCUT2D eigenvalue weighted by molar-refractivity contribution is 0.0827. The molecule has 0 unspecified atom stereocenters. The minimum Gasteiger partial charge on any atom is -0.489 e. The van der Waals surface area contributed by atoms with E-state index in [-0.39, 0.29) is 10.8 Å². The van der Waals surface area contributed by atoms with Gasteiger partial charge in [-0.1, -0.05) is 12.1 Å². The van der Waals surface area contributed by atoms with Crippen molar-refractivity contribution in [2.45, 2.75) is 11.5 Å². The Bertz CT molecular complexity index is 778. The fourth-order valence-electron chi connectivity index (χ4n) is 1.95. The van der Waals surface area contributed by atoms with Gasteiger partial charge in [0, 0.05) is 25.9 Å². The Kier molecular flexibility index (Phi) is 5.05. The summed E-state index contributed by atoms with van der Waals surface area (Å²) in [5.41, 5.74) is 1.55. The molecule has 0 bridgehead atoms. The molecule has 0 heterocycles. The molecule has 0 aromatic heterocycles. The van der Waals surface area contributed by atoms with Crippen LogP contribution in [-0.2, 0) is 16.4 Å². The van der Waals surface area contributed by atoms with Crippen molar-refractivity contribution in [3.8, 4) is 5.75 Å². The van der Waals surface area contributed by atoms with Crippen LogP contribution < -0.4 is 4.74 Å². The van der Waals surface area contributed by atoms with Gasteiger partial charge in [-0.05, 0) is 42.0 Å². The normalized spacial score (nSPS) is 11.1. The fourth-order valence-corrected chi connectivity index (χ4v) is 2.58. The fraction of sp³-hybridized carbons (Fsp3) is 0.235. The third kappa shape index (κ3) is 4.56. The first-order valence-corrected chi connectivity index (χ1v) is 8.90. The van der Waals surface area contributed by atoms with Crippen LogP contribution in [0.5, 0.6) is 5.75 Å². The van der Waals surface area contributed by atoms with Crippen molar-refractivity contribution in [2.75, 3.05) is 20.4 Å². The quantitative estimate of drug-likeness (QED) is 0.843. The van der Waals surface area contributed by atoms with Crippen molar-refractivity contribution in [2.24, 2.45) is 0 Å². The van der Waals surface area contributed by atoms with Crippen LogP contribution in [0.3, 0.4) is 0 Å². The molecule has 0 aliphatic heterocycles. The Labute approximate surface area is 136 Å². The molecule has 0 aliphatic carbocycles. The van der Waals surface area contributed by atoms with Crippen molar-refractivity contribution in [1.29, 1.82) is 0 Å². The molecular weight excluding hydrogens is 314 g/mol. The number of amides is 1. The smallest absolute Gasteiger partial charge is 0.253 e. The van der Waals surface area contributed by atoms with Gasteiger partial charge < -0.3 is 9.64 Å². The van der Waals surface area contributed by atoms with Gasteiger partial charge in [0.25, 0.3) is 5.91 Å². The summed E-state index contributed by atoms with van der Waals surface area (Å²) in [5.74, 6) is 0.541. The second kappa shape index (κ2) is 6.83. The number of rotatable bonds is 5. The van der Waals surface area contributed by atoms with Crippen LogP contribution in [0.1, 0.15) is 15.9 Å². The minimum atomic E-state index is -3.20. The van der Waals surface area contributed by atoms with Crippen molar-refractivity contribution in [1.82, 2.24) is 4.90 Å². The number of benzene rings is 2. The number of hydrogen-bond acceptors (Lipinski definition) is 4. The number of sulfone groups is 1. The summed E-state index contributed by atoms with van der Waals surface area (Å²) >= 11 is 0. The molecule has 2 aromatic carbocycles. The highest BCUT2D eigenvalue weighted by Crippen LogP contribution is 2.17. The SMILES string of the molecule is CN(C)C(=O)c1ccc(COc2ccc(S(C)(=O)=O)cc2)cc1. The van der Waals surface area contributed by atoms with Crippen LogP contribution in [0.15, 0.2) is 53.4 Å². The van der Waals surface area contributed by atoms with Gasteiger partial charge in [-0.15, -0.1) is 0 Å². The number of carbonyl (C=O) groups is 1. The summed E-state index contributed by atoms with van der Waals surface area (Å²) in [7, 11) is 0.218. The van der Waals surface area contributed by atoms with E-state index in [1.807, 2.05) is 12.1 Å². The lowest BCUT2D eigenvalue weighted by Crippen LogP contribution is -2.21. The first-order valence-electron chi connectivity index (χ1n) is 7.01. The molecule has 0 saturated carbocycles. The highest BCUT2D eigenvalue weighted by Gasteiger charge is 2.08. The third-order valence-corrected chi connectivity index (χ3v) is 4.39. The molecule has 6 heteroatoms. The van der Waals surface area contributed by atoms with Crippen LogP contribution in [-0.4, -0.2) is 39.6 Å². The summed E-state index contributed by atoms with van der Waals surface area (Å²) in [4.78, 5) is 13.6. The molecule has 2 aromatic rings. The van der Waals surface area contributed by atoms with Gasteiger partial charge in [0.1, 0.15) is 12.4 Å². The van der Waals surface area contributed by atoms with Gasteiger partial charge in [-0.3, -0.25) is 4.79 Å². The monoisotopic (exact) mass is 333 g/mol. The number of nitrogens with zero attached hydrogens (tertiary/aromatic N) is 1. The van der Waals surface area contributed by atoms with Crippen LogP contribution in [0, 0.1) is 0 Å². The molecule has 0 N–H and O–H groups in total. The predicted molar refractivity (Wildman–Crippen MR) is 88.3 cm³/mol. The van der Waals surface area contributed by atoms with E-state index in [1.54, 1.807) is 38.4 Å². The number of ether oxygens (including phenoxy) is 1. The summed E-state index contributed by atoms with van der Waals surface area (Å²) in [6.07, 6.45) is 1.17. The zero-order chi connectivity index (χ0) is 17.0. The van der Waals surface area contributed by atoms with Crippen LogP contribution in [0.4, 0.5) is 0 Å². The molecule has 122 valence electrons. The number of carbonyl (C=O) groups excluding carboxylic acids is 1. The van der Waals surface area contributed by atoms with E-state index >= 15 is 0 Å². The van der Waals surface area contributed by atoms with E-state index in [0.717, 1.165) is 5.56 Å². The lowest BCUT2D eigenvalue weighted by atomic mass is 10.1. The Balaban J connectivity index is 2.00. The predicted octanol–water partition coefficient (Wildman–Crippen LogP) is 2.37. The third-order valence-electron chi connectivity index (χ3n) is 3.26. The first-order chi connectivity index (χ1) is 10.8. The van der Waals surface area contributed by atoms with Gasteiger partial charge in [-0.2, -0.15) is 0 Å². The van der Waals surface area contributed by atoms with Gasteiger partial charge in [0.05, 0.1) is 4.90 Å². The van der Waals surface area contributed by atoms with Crippen molar-refractivity contribution in [3.63, 3.8) is 0 Å². The minimum absolute atomic E-state index is 0.0474. The molecule has 0 saturated heterocycles. The maximum absolute atomic E-state index is 11.8. The van der Waals surface area contributed by atoms with E-state index in [0.29, 0.717) is 17.9 Å². The van der Waals surface area contributed by atoms with Crippen molar-refractivity contribution >= 4 is 15.7 Å². The van der Waals surface area contributed by atoms with Gasteiger partial charge in [-0.25, -0.2) is 8.42 Å².